The third-order valence-corrected chi connectivity index (χ3v) is 2.76. The van der Waals surface area contributed by atoms with Gasteiger partial charge >= 0.3 is 0 Å². The molecule has 1 fully saturated rings. The highest BCUT2D eigenvalue weighted by Gasteiger charge is 2.39. The highest BCUT2D eigenvalue weighted by Crippen LogP contribution is 2.36. The summed E-state index contributed by atoms with van der Waals surface area (Å²) < 4.78 is 11.4. The SMILES string of the molecule is CC1OC(C)(C)OCC1C(C)(C)C. The number of hydrogen-bond acceptors (Lipinski definition) is 2. The molecule has 1 aliphatic rings. The van der Waals surface area contributed by atoms with Gasteiger partial charge in [-0.3, -0.25) is 0 Å². The molecule has 0 aromatic rings. The molecule has 1 heterocycles. The van der Waals surface area contributed by atoms with Gasteiger partial charge in [-0.1, -0.05) is 20.8 Å². The van der Waals surface area contributed by atoms with Crippen molar-refractivity contribution in [1.82, 2.24) is 0 Å². The monoisotopic (exact) mass is 186 g/mol. The van der Waals surface area contributed by atoms with E-state index in [0.29, 0.717) is 5.92 Å². The quantitative estimate of drug-likeness (QED) is 0.579. The molecule has 0 saturated carbocycles. The van der Waals surface area contributed by atoms with Crippen LogP contribution < -0.4 is 0 Å². The minimum absolute atomic E-state index is 0.260. The molecule has 0 N–H and O–H groups in total. The zero-order valence-corrected chi connectivity index (χ0v) is 9.68. The van der Waals surface area contributed by atoms with Crippen LogP contribution in [0.5, 0.6) is 0 Å². The predicted molar refractivity (Wildman–Crippen MR) is 53.5 cm³/mol. The van der Waals surface area contributed by atoms with E-state index in [9.17, 15) is 0 Å². The van der Waals surface area contributed by atoms with E-state index in [4.69, 9.17) is 9.47 Å². The molecule has 0 aromatic carbocycles. The molecule has 1 aliphatic heterocycles. The lowest BCUT2D eigenvalue weighted by Gasteiger charge is -2.44. The highest BCUT2D eigenvalue weighted by atomic mass is 16.7. The minimum Gasteiger partial charge on any atom is -0.350 e. The number of rotatable bonds is 0. The Balaban J connectivity index is 2.64. The molecule has 0 spiro atoms. The zero-order chi connectivity index (χ0) is 10.3. The first-order valence-corrected chi connectivity index (χ1v) is 5.04. The van der Waals surface area contributed by atoms with Gasteiger partial charge < -0.3 is 9.47 Å². The van der Waals surface area contributed by atoms with Crippen LogP contribution in [0.15, 0.2) is 0 Å². The van der Waals surface area contributed by atoms with Crippen LogP contribution in [0.3, 0.4) is 0 Å². The molecule has 0 amide bonds. The third-order valence-electron chi connectivity index (χ3n) is 2.76. The van der Waals surface area contributed by atoms with Crippen molar-refractivity contribution in [2.24, 2.45) is 11.3 Å². The summed E-state index contributed by atoms with van der Waals surface area (Å²) in [5.41, 5.74) is 0.260. The van der Waals surface area contributed by atoms with E-state index < -0.39 is 5.79 Å². The largest absolute Gasteiger partial charge is 0.350 e. The van der Waals surface area contributed by atoms with Gasteiger partial charge in [0.2, 0.25) is 0 Å². The van der Waals surface area contributed by atoms with Crippen molar-refractivity contribution in [1.29, 1.82) is 0 Å². The summed E-state index contributed by atoms with van der Waals surface area (Å²) in [6, 6.07) is 0. The molecular formula is C11H22O2. The van der Waals surface area contributed by atoms with Crippen LogP contribution in [-0.2, 0) is 9.47 Å². The maximum absolute atomic E-state index is 5.79. The molecule has 0 aliphatic carbocycles. The maximum Gasteiger partial charge on any atom is 0.163 e. The zero-order valence-electron chi connectivity index (χ0n) is 9.68. The van der Waals surface area contributed by atoms with Crippen LogP contribution >= 0.6 is 0 Å². The van der Waals surface area contributed by atoms with Crippen LogP contribution in [0.1, 0.15) is 41.5 Å². The van der Waals surface area contributed by atoms with E-state index in [2.05, 4.69) is 27.7 Å². The molecule has 13 heavy (non-hydrogen) atoms. The molecule has 0 bridgehead atoms. The third kappa shape index (κ3) is 2.68. The van der Waals surface area contributed by atoms with Crippen LogP contribution in [0, 0.1) is 11.3 Å². The van der Waals surface area contributed by atoms with Gasteiger partial charge in [-0.25, -0.2) is 0 Å². The minimum atomic E-state index is -0.402. The second-order valence-electron chi connectivity index (χ2n) is 5.51. The van der Waals surface area contributed by atoms with E-state index in [0.717, 1.165) is 6.61 Å². The predicted octanol–water partition coefficient (Wildman–Crippen LogP) is 2.82. The van der Waals surface area contributed by atoms with Crippen molar-refractivity contribution in [3.8, 4) is 0 Å². The topological polar surface area (TPSA) is 18.5 Å². The Bertz CT molecular complexity index is 179. The highest BCUT2D eigenvalue weighted by molar-refractivity contribution is 4.83. The fourth-order valence-corrected chi connectivity index (χ4v) is 1.94. The van der Waals surface area contributed by atoms with Gasteiger partial charge in [-0.15, -0.1) is 0 Å². The van der Waals surface area contributed by atoms with E-state index in [-0.39, 0.29) is 11.5 Å². The average Bonchev–Trinajstić information content (AvgIpc) is 1.80. The molecule has 1 rings (SSSR count). The van der Waals surface area contributed by atoms with Crippen molar-refractivity contribution < 1.29 is 9.47 Å². The first-order valence-electron chi connectivity index (χ1n) is 5.04. The van der Waals surface area contributed by atoms with Gasteiger partial charge in [0.1, 0.15) is 0 Å². The van der Waals surface area contributed by atoms with E-state index in [1.807, 2.05) is 13.8 Å². The number of ether oxygens (including phenoxy) is 2. The summed E-state index contributed by atoms with van der Waals surface area (Å²) in [5, 5.41) is 0. The van der Waals surface area contributed by atoms with Crippen LogP contribution in [0.4, 0.5) is 0 Å². The Morgan fingerprint density at radius 1 is 1.23 bits per heavy atom. The van der Waals surface area contributed by atoms with Crippen LogP contribution in [0.25, 0.3) is 0 Å². The normalized spacial score (nSPS) is 34.6. The van der Waals surface area contributed by atoms with Crippen molar-refractivity contribution in [2.75, 3.05) is 6.61 Å². The Morgan fingerprint density at radius 2 is 1.77 bits per heavy atom. The Labute approximate surface area is 81.6 Å². The molecule has 78 valence electrons. The fourth-order valence-electron chi connectivity index (χ4n) is 1.94. The van der Waals surface area contributed by atoms with E-state index in [1.54, 1.807) is 0 Å². The second-order valence-corrected chi connectivity index (χ2v) is 5.51. The summed E-state index contributed by atoms with van der Waals surface area (Å²) in [4.78, 5) is 0. The summed E-state index contributed by atoms with van der Waals surface area (Å²) in [7, 11) is 0. The van der Waals surface area contributed by atoms with Crippen LogP contribution in [-0.4, -0.2) is 18.5 Å². The molecular weight excluding hydrogens is 164 g/mol. The standard InChI is InChI=1S/C11H22O2/c1-8-9(10(2,3)4)7-12-11(5,6)13-8/h8-9H,7H2,1-6H3. The van der Waals surface area contributed by atoms with Gasteiger partial charge in [0.15, 0.2) is 5.79 Å². The first kappa shape index (κ1) is 11.0. The van der Waals surface area contributed by atoms with Crippen LogP contribution in [0.2, 0.25) is 0 Å². The smallest absolute Gasteiger partial charge is 0.163 e. The lowest BCUT2D eigenvalue weighted by atomic mass is 9.77. The summed E-state index contributed by atoms with van der Waals surface area (Å²) in [5.74, 6) is 0.0850. The average molecular weight is 186 g/mol. The van der Waals surface area contributed by atoms with Gasteiger partial charge in [0.05, 0.1) is 12.7 Å². The van der Waals surface area contributed by atoms with Crippen molar-refractivity contribution in [2.45, 2.75) is 53.4 Å². The first-order chi connectivity index (χ1) is 5.72. The fraction of sp³-hybridized carbons (Fsp3) is 1.00. The van der Waals surface area contributed by atoms with E-state index >= 15 is 0 Å². The number of hydrogen-bond donors (Lipinski definition) is 0. The molecule has 2 atom stereocenters. The lowest BCUT2D eigenvalue weighted by molar-refractivity contribution is -0.299. The molecule has 1 saturated heterocycles. The van der Waals surface area contributed by atoms with Gasteiger partial charge in [-0.2, -0.15) is 0 Å². The second kappa shape index (κ2) is 3.25. The molecule has 0 aromatic heterocycles. The Morgan fingerprint density at radius 3 is 2.15 bits per heavy atom. The van der Waals surface area contributed by atoms with Crippen molar-refractivity contribution in [3.05, 3.63) is 0 Å². The van der Waals surface area contributed by atoms with Gasteiger partial charge in [0.25, 0.3) is 0 Å². The van der Waals surface area contributed by atoms with Gasteiger partial charge in [-0.05, 0) is 26.2 Å². The molecule has 2 unspecified atom stereocenters. The molecule has 2 heteroatoms. The van der Waals surface area contributed by atoms with Crippen molar-refractivity contribution >= 4 is 0 Å². The van der Waals surface area contributed by atoms with Crippen molar-refractivity contribution in [3.63, 3.8) is 0 Å². The molecule has 0 radical (unpaired) electrons. The Kier molecular flexibility index (Phi) is 2.75. The van der Waals surface area contributed by atoms with E-state index in [1.165, 1.54) is 0 Å². The summed E-state index contributed by atoms with van der Waals surface area (Å²) >= 11 is 0. The molecule has 2 nitrogen and oxygen atoms in total. The summed E-state index contributed by atoms with van der Waals surface area (Å²) in [6.07, 6.45) is 0.281. The van der Waals surface area contributed by atoms with Gasteiger partial charge in [0, 0.05) is 5.92 Å². The Hall–Kier alpha value is -0.0800. The lowest BCUT2D eigenvalue weighted by Crippen LogP contribution is -2.48. The summed E-state index contributed by atoms with van der Waals surface area (Å²) in [6.45, 7) is 13.6. The maximum atomic E-state index is 5.79.